The molecule has 0 aromatic heterocycles. The molecule has 2 saturated heterocycles. The van der Waals surface area contributed by atoms with Gasteiger partial charge in [-0.3, -0.25) is 14.6 Å². The molecule has 0 aromatic carbocycles. The number of piperidine rings is 1. The van der Waals surface area contributed by atoms with Crippen LogP contribution in [0.25, 0.3) is 0 Å². The van der Waals surface area contributed by atoms with Crippen LogP contribution in [0.5, 0.6) is 0 Å². The lowest BCUT2D eigenvalue weighted by Crippen LogP contribution is -2.54. The van der Waals surface area contributed by atoms with Crippen LogP contribution in [0.2, 0.25) is 0 Å². The van der Waals surface area contributed by atoms with E-state index >= 15 is 0 Å². The van der Waals surface area contributed by atoms with Crippen LogP contribution >= 0.6 is 0 Å². The molecule has 6 heteroatoms. The Morgan fingerprint density at radius 3 is 2.76 bits per heavy atom. The number of primary amides is 1. The van der Waals surface area contributed by atoms with E-state index in [0.717, 1.165) is 52.2 Å². The second-order valence-electron chi connectivity index (χ2n) is 6.46. The van der Waals surface area contributed by atoms with Crippen LogP contribution in [-0.4, -0.2) is 79.8 Å². The molecule has 1 atom stereocenters. The van der Waals surface area contributed by atoms with E-state index in [-0.39, 0.29) is 12.0 Å². The van der Waals surface area contributed by atoms with Gasteiger partial charge in [0.2, 0.25) is 5.91 Å². The Kier molecular flexibility index (Phi) is 6.41. The second kappa shape index (κ2) is 8.08. The van der Waals surface area contributed by atoms with Gasteiger partial charge >= 0.3 is 0 Å². The number of amides is 1. The van der Waals surface area contributed by atoms with Gasteiger partial charge in [0, 0.05) is 31.7 Å². The number of ether oxygens (including phenoxy) is 1. The molecule has 0 spiro atoms. The molecule has 2 aliphatic heterocycles. The molecule has 2 heterocycles. The quantitative estimate of drug-likeness (QED) is 0.700. The van der Waals surface area contributed by atoms with Crippen LogP contribution in [0.1, 0.15) is 26.7 Å². The average molecular weight is 298 g/mol. The van der Waals surface area contributed by atoms with Crippen molar-refractivity contribution in [3.8, 4) is 0 Å². The maximum atomic E-state index is 11.4. The summed E-state index contributed by atoms with van der Waals surface area (Å²) in [7, 11) is 0. The molecule has 6 nitrogen and oxygen atoms in total. The number of hydrogen-bond acceptors (Lipinski definition) is 5. The molecule has 0 aliphatic carbocycles. The summed E-state index contributed by atoms with van der Waals surface area (Å²) in [4.78, 5) is 16.1. The van der Waals surface area contributed by atoms with Crippen molar-refractivity contribution < 1.29 is 9.53 Å². The number of hydrogen-bond donors (Lipinski definition) is 2. The Morgan fingerprint density at radius 2 is 2.14 bits per heavy atom. The normalized spacial score (nSPS) is 25.6. The fourth-order valence-electron chi connectivity index (χ4n) is 3.30. The highest BCUT2D eigenvalue weighted by atomic mass is 16.5. The van der Waals surface area contributed by atoms with E-state index in [1.807, 2.05) is 0 Å². The zero-order valence-corrected chi connectivity index (χ0v) is 13.4. The minimum Gasteiger partial charge on any atom is -0.374 e. The van der Waals surface area contributed by atoms with Gasteiger partial charge in [-0.05, 0) is 39.8 Å². The lowest BCUT2D eigenvalue weighted by Gasteiger charge is -2.40. The molecule has 3 N–H and O–H groups in total. The summed E-state index contributed by atoms with van der Waals surface area (Å²) in [6.45, 7) is 10.3. The number of carbonyl (C=O) groups excluding carboxylic acids is 1. The highest BCUT2D eigenvalue weighted by Gasteiger charge is 2.28. The highest BCUT2D eigenvalue weighted by molar-refractivity contribution is 5.75. The van der Waals surface area contributed by atoms with E-state index in [1.54, 1.807) is 0 Å². The number of nitrogens with two attached hydrogens (primary N) is 1. The molecule has 1 amide bonds. The Labute approximate surface area is 128 Å². The summed E-state index contributed by atoms with van der Waals surface area (Å²) in [5.41, 5.74) is 5.43. The molecule has 0 saturated carbocycles. The molecule has 122 valence electrons. The third-order valence-electron chi connectivity index (χ3n) is 4.52. The van der Waals surface area contributed by atoms with Gasteiger partial charge in [0.25, 0.3) is 0 Å². The molecular formula is C15H30N4O2. The van der Waals surface area contributed by atoms with E-state index in [1.165, 1.54) is 0 Å². The zero-order valence-electron chi connectivity index (χ0n) is 13.4. The molecule has 2 rings (SSSR count). The fourth-order valence-corrected chi connectivity index (χ4v) is 3.30. The van der Waals surface area contributed by atoms with E-state index in [4.69, 9.17) is 10.5 Å². The lowest BCUT2D eigenvalue weighted by molar-refractivity contribution is -0.121. The maximum Gasteiger partial charge on any atom is 0.231 e. The predicted octanol–water partition coefficient (Wildman–Crippen LogP) is -0.365. The van der Waals surface area contributed by atoms with Gasteiger partial charge in [0.15, 0.2) is 0 Å². The topological polar surface area (TPSA) is 70.8 Å². The summed E-state index contributed by atoms with van der Waals surface area (Å²) in [6.07, 6.45) is 2.33. The molecule has 0 bridgehead atoms. The predicted molar refractivity (Wildman–Crippen MR) is 83.1 cm³/mol. The summed E-state index contributed by atoms with van der Waals surface area (Å²) < 4.78 is 5.91. The van der Waals surface area contributed by atoms with Crippen molar-refractivity contribution in [3.63, 3.8) is 0 Å². The van der Waals surface area contributed by atoms with Gasteiger partial charge in [0.1, 0.15) is 0 Å². The third-order valence-corrected chi connectivity index (χ3v) is 4.52. The van der Waals surface area contributed by atoms with Crippen molar-refractivity contribution in [3.05, 3.63) is 0 Å². The van der Waals surface area contributed by atoms with Crippen molar-refractivity contribution in [1.82, 2.24) is 15.1 Å². The number of nitrogens with one attached hydrogen (secondary N) is 1. The minimum atomic E-state index is -0.245. The summed E-state index contributed by atoms with van der Waals surface area (Å²) >= 11 is 0. The van der Waals surface area contributed by atoms with E-state index in [0.29, 0.717) is 18.6 Å². The Bertz CT molecular complexity index is 332. The largest absolute Gasteiger partial charge is 0.374 e. The Hall–Kier alpha value is -0.690. The van der Waals surface area contributed by atoms with Crippen LogP contribution in [0.4, 0.5) is 0 Å². The number of carbonyl (C=O) groups is 1. The van der Waals surface area contributed by atoms with Crippen LogP contribution in [0.15, 0.2) is 0 Å². The van der Waals surface area contributed by atoms with Crippen molar-refractivity contribution in [2.24, 2.45) is 5.73 Å². The maximum absolute atomic E-state index is 11.4. The second-order valence-corrected chi connectivity index (χ2v) is 6.46. The smallest absolute Gasteiger partial charge is 0.231 e. The monoisotopic (exact) mass is 298 g/mol. The molecule has 0 aromatic rings. The molecule has 2 fully saturated rings. The molecule has 1 unspecified atom stereocenters. The molecule has 0 radical (unpaired) electrons. The lowest BCUT2D eigenvalue weighted by atomic mass is 10.0. The number of rotatable bonds is 6. The Morgan fingerprint density at radius 1 is 1.43 bits per heavy atom. The Balaban J connectivity index is 1.92. The molecule has 2 aliphatic rings. The van der Waals surface area contributed by atoms with E-state index < -0.39 is 0 Å². The summed E-state index contributed by atoms with van der Waals surface area (Å²) in [6, 6.07) is 0.983. The van der Waals surface area contributed by atoms with Gasteiger partial charge < -0.3 is 15.8 Å². The number of nitrogens with zero attached hydrogens (tertiary/aromatic N) is 2. The van der Waals surface area contributed by atoms with Gasteiger partial charge in [-0.15, -0.1) is 0 Å². The fraction of sp³-hybridized carbons (Fsp3) is 0.933. The van der Waals surface area contributed by atoms with Gasteiger partial charge in [-0.25, -0.2) is 0 Å². The summed E-state index contributed by atoms with van der Waals surface area (Å²) in [5, 5.41) is 3.37. The highest BCUT2D eigenvalue weighted by Crippen LogP contribution is 2.15. The first-order valence-corrected chi connectivity index (χ1v) is 8.15. The molecular weight excluding hydrogens is 268 g/mol. The first-order valence-electron chi connectivity index (χ1n) is 8.15. The minimum absolute atomic E-state index is 0.176. The van der Waals surface area contributed by atoms with E-state index in [2.05, 4.69) is 29.0 Å². The van der Waals surface area contributed by atoms with Crippen LogP contribution in [0, 0.1) is 0 Å². The van der Waals surface area contributed by atoms with Crippen LogP contribution < -0.4 is 11.1 Å². The van der Waals surface area contributed by atoms with Crippen molar-refractivity contribution >= 4 is 5.91 Å². The van der Waals surface area contributed by atoms with Crippen molar-refractivity contribution in [2.45, 2.75) is 44.9 Å². The third kappa shape index (κ3) is 5.21. The summed E-state index contributed by atoms with van der Waals surface area (Å²) in [5.74, 6) is -0.245. The standard InChI is InChI=1S/C15H30N4O2/c1-12(2)18-7-8-21-14(9-18)10-19(11-15(16)20)13-3-5-17-6-4-13/h12-14,17H,3-11H2,1-2H3,(H2,16,20). The van der Waals surface area contributed by atoms with Crippen LogP contribution in [-0.2, 0) is 9.53 Å². The molecule has 21 heavy (non-hydrogen) atoms. The van der Waals surface area contributed by atoms with Crippen molar-refractivity contribution in [2.75, 3.05) is 45.9 Å². The van der Waals surface area contributed by atoms with Crippen molar-refractivity contribution in [1.29, 1.82) is 0 Å². The van der Waals surface area contributed by atoms with Gasteiger partial charge in [0.05, 0.1) is 19.3 Å². The van der Waals surface area contributed by atoms with Gasteiger partial charge in [-0.2, -0.15) is 0 Å². The van der Waals surface area contributed by atoms with Crippen LogP contribution in [0.3, 0.4) is 0 Å². The zero-order chi connectivity index (χ0) is 15.2. The average Bonchev–Trinajstić information content (AvgIpc) is 2.47. The first-order chi connectivity index (χ1) is 10.1. The number of morpholine rings is 1. The van der Waals surface area contributed by atoms with E-state index in [9.17, 15) is 4.79 Å². The first kappa shape index (κ1) is 16.7. The SMILES string of the molecule is CC(C)N1CCOC(CN(CC(N)=O)C2CCNCC2)C1. The van der Waals surface area contributed by atoms with Gasteiger partial charge in [-0.1, -0.05) is 0 Å².